The summed E-state index contributed by atoms with van der Waals surface area (Å²) in [5.74, 6) is -0.280. The fourth-order valence-electron chi connectivity index (χ4n) is 0.794. The van der Waals surface area contributed by atoms with E-state index in [1.165, 1.54) is 0 Å². The molecule has 3 N–H and O–H groups in total. The van der Waals surface area contributed by atoms with Crippen LogP contribution in [0.3, 0.4) is 0 Å². The minimum atomic E-state index is -0.877. The minimum absolute atomic E-state index is 0.280. The fraction of sp³-hybridized carbons (Fsp3) is 0. The highest BCUT2D eigenvalue weighted by molar-refractivity contribution is 6.30. The van der Waals surface area contributed by atoms with Crippen LogP contribution >= 0.6 is 11.6 Å². The first-order valence-electron chi connectivity index (χ1n) is 3.59. The average molecular weight is 215 g/mol. The van der Waals surface area contributed by atoms with Gasteiger partial charge in [0.25, 0.3) is 5.96 Å². The SMILES string of the molecule is NC(=N[N+](=O)[O-])Nc1ccc(Cl)cc1. The van der Waals surface area contributed by atoms with Crippen LogP contribution in [0.5, 0.6) is 0 Å². The molecule has 0 amide bonds. The van der Waals surface area contributed by atoms with E-state index in [4.69, 9.17) is 17.3 Å². The molecule has 6 nitrogen and oxygen atoms in total. The van der Waals surface area contributed by atoms with Crippen molar-refractivity contribution in [1.82, 2.24) is 0 Å². The Morgan fingerprint density at radius 1 is 1.50 bits per heavy atom. The maximum Gasteiger partial charge on any atom is 0.270 e. The predicted molar refractivity (Wildman–Crippen MR) is 53.7 cm³/mol. The van der Waals surface area contributed by atoms with E-state index < -0.39 is 5.03 Å². The molecule has 0 aliphatic carbocycles. The Morgan fingerprint density at radius 2 is 2.07 bits per heavy atom. The quantitative estimate of drug-likeness (QED) is 0.335. The predicted octanol–water partition coefficient (Wildman–Crippen LogP) is 1.26. The Bertz CT molecular complexity index is 362. The summed E-state index contributed by atoms with van der Waals surface area (Å²) in [6, 6.07) is 6.52. The number of nitrogens with two attached hydrogens (primary N) is 1. The molecule has 0 atom stereocenters. The molecule has 0 aromatic heterocycles. The second-order valence-electron chi connectivity index (χ2n) is 2.35. The van der Waals surface area contributed by atoms with Crippen LogP contribution in [0.1, 0.15) is 0 Å². The van der Waals surface area contributed by atoms with Gasteiger partial charge in [-0.3, -0.25) is 0 Å². The molecule has 74 valence electrons. The molecule has 0 bridgehead atoms. The normalized spacial score (nSPS) is 11.1. The lowest BCUT2D eigenvalue weighted by Gasteiger charge is -2.01. The second-order valence-corrected chi connectivity index (χ2v) is 2.79. The Kier molecular flexibility index (Phi) is 3.24. The lowest BCUT2D eigenvalue weighted by molar-refractivity contribution is -0.485. The molecule has 1 aromatic carbocycles. The van der Waals surface area contributed by atoms with Crippen LogP contribution in [0.15, 0.2) is 29.4 Å². The number of benzene rings is 1. The van der Waals surface area contributed by atoms with Crippen molar-refractivity contribution in [3.8, 4) is 0 Å². The van der Waals surface area contributed by atoms with Gasteiger partial charge in [-0.05, 0) is 24.3 Å². The molecule has 0 saturated heterocycles. The number of nitrogens with one attached hydrogen (secondary N) is 1. The molecule has 0 fully saturated rings. The summed E-state index contributed by atoms with van der Waals surface area (Å²) >= 11 is 5.64. The molecule has 0 saturated carbocycles. The summed E-state index contributed by atoms with van der Waals surface area (Å²) in [5, 5.41) is 15.0. The maximum atomic E-state index is 9.93. The lowest BCUT2D eigenvalue weighted by atomic mass is 10.3. The molecular formula is C7H7ClN4O2. The molecule has 0 heterocycles. The van der Waals surface area contributed by atoms with Gasteiger partial charge in [0.2, 0.25) is 0 Å². The van der Waals surface area contributed by atoms with E-state index in [1.54, 1.807) is 24.3 Å². The monoisotopic (exact) mass is 214 g/mol. The average Bonchev–Trinajstić information content (AvgIpc) is 2.07. The number of anilines is 1. The number of nitro groups is 1. The Balaban J connectivity index is 2.69. The summed E-state index contributed by atoms with van der Waals surface area (Å²) in [4.78, 5) is 9.93. The molecule has 0 spiro atoms. The molecular weight excluding hydrogens is 208 g/mol. The number of nitrogens with zero attached hydrogens (tertiary/aromatic N) is 2. The first kappa shape index (κ1) is 10.3. The Hall–Kier alpha value is -1.82. The highest BCUT2D eigenvalue weighted by Crippen LogP contribution is 2.12. The largest absolute Gasteiger partial charge is 0.364 e. The van der Waals surface area contributed by atoms with E-state index in [0.717, 1.165) is 0 Å². The third-order valence-corrected chi connectivity index (χ3v) is 1.56. The molecule has 7 heteroatoms. The van der Waals surface area contributed by atoms with Crippen molar-refractivity contribution in [2.24, 2.45) is 10.8 Å². The van der Waals surface area contributed by atoms with Gasteiger partial charge in [-0.1, -0.05) is 11.6 Å². The van der Waals surface area contributed by atoms with Crippen LogP contribution in [-0.4, -0.2) is 11.0 Å². The first-order chi connectivity index (χ1) is 6.58. The summed E-state index contributed by atoms with van der Waals surface area (Å²) < 4.78 is 0. The summed E-state index contributed by atoms with van der Waals surface area (Å²) in [5.41, 5.74) is 5.79. The van der Waals surface area contributed by atoms with Gasteiger partial charge < -0.3 is 11.1 Å². The second kappa shape index (κ2) is 4.43. The number of halogens is 1. The lowest BCUT2D eigenvalue weighted by Crippen LogP contribution is -2.23. The zero-order valence-electron chi connectivity index (χ0n) is 6.98. The van der Waals surface area contributed by atoms with Crippen LogP contribution < -0.4 is 11.1 Å². The van der Waals surface area contributed by atoms with Crippen molar-refractivity contribution in [2.45, 2.75) is 0 Å². The highest BCUT2D eigenvalue weighted by atomic mass is 35.5. The van der Waals surface area contributed by atoms with E-state index in [9.17, 15) is 10.1 Å². The fourth-order valence-corrected chi connectivity index (χ4v) is 0.920. The zero-order chi connectivity index (χ0) is 10.6. The summed E-state index contributed by atoms with van der Waals surface area (Å²) in [6.45, 7) is 0. The van der Waals surface area contributed by atoms with Gasteiger partial charge in [-0.15, -0.1) is 0 Å². The molecule has 0 unspecified atom stereocenters. The molecule has 0 radical (unpaired) electrons. The van der Waals surface area contributed by atoms with Crippen LogP contribution in [0.2, 0.25) is 5.02 Å². The smallest absolute Gasteiger partial charge is 0.270 e. The number of rotatable bonds is 2. The highest BCUT2D eigenvalue weighted by Gasteiger charge is 1.99. The van der Waals surface area contributed by atoms with E-state index >= 15 is 0 Å². The third kappa shape index (κ3) is 3.28. The third-order valence-electron chi connectivity index (χ3n) is 1.31. The van der Waals surface area contributed by atoms with Crippen molar-refractivity contribution in [2.75, 3.05) is 5.32 Å². The summed E-state index contributed by atoms with van der Waals surface area (Å²) in [7, 11) is 0. The first-order valence-corrected chi connectivity index (χ1v) is 3.97. The van der Waals surface area contributed by atoms with E-state index in [2.05, 4.69) is 10.4 Å². The van der Waals surface area contributed by atoms with Gasteiger partial charge in [0.15, 0.2) is 5.03 Å². The van der Waals surface area contributed by atoms with E-state index in [0.29, 0.717) is 10.7 Å². The van der Waals surface area contributed by atoms with Crippen LogP contribution in [-0.2, 0) is 0 Å². The van der Waals surface area contributed by atoms with Gasteiger partial charge in [-0.2, -0.15) is 0 Å². The zero-order valence-corrected chi connectivity index (χ0v) is 7.73. The molecule has 0 aliphatic heterocycles. The van der Waals surface area contributed by atoms with Crippen molar-refractivity contribution in [3.05, 3.63) is 39.4 Å². The van der Waals surface area contributed by atoms with Gasteiger partial charge in [0, 0.05) is 10.7 Å². The molecule has 1 aromatic rings. The minimum Gasteiger partial charge on any atom is -0.364 e. The van der Waals surface area contributed by atoms with Crippen molar-refractivity contribution in [3.63, 3.8) is 0 Å². The standard InChI is InChI=1S/C7H7ClN4O2/c8-5-1-3-6(4-2-5)10-7(9)11-12(13)14/h1-4H,(H3,9,10,11). The molecule has 14 heavy (non-hydrogen) atoms. The van der Waals surface area contributed by atoms with Crippen molar-refractivity contribution in [1.29, 1.82) is 0 Å². The summed E-state index contributed by atoms with van der Waals surface area (Å²) in [6.07, 6.45) is 0. The van der Waals surface area contributed by atoms with Gasteiger partial charge in [-0.25, -0.2) is 10.1 Å². The molecule has 1 rings (SSSR count). The van der Waals surface area contributed by atoms with Crippen LogP contribution in [0.25, 0.3) is 0 Å². The van der Waals surface area contributed by atoms with Crippen molar-refractivity contribution < 1.29 is 5.03 Å². The number of guanidine groups is 1. The van der Waals surface area contributed by atoms with E-state index in [-0.39, 0.29) is 5.96 Å². The Labute approximate surface area is 84.5 Å². The number of hydrogen-bond acceptors (Lipinski definition) is 2. The topological polar surface area (TPSA) is 93.5 Å². The van der Waals surface area contributed by atoms with Crippen LogP contribution in [0.4, 0.5) is 5.69 Å². The number of hydrogen-bond donors (Lipinski definition) is 2. The van der Waals surface area contributed by atoms with Gasteiger partial charge in [0.05, 0.1) is 0 Å². The van der Waals surface area contributed by atoms with Gasteiger partial charge >= 0.3 is 0 Å². The molecule has 0 aliphatic rings. The maximum absolute atomic E-state index is 9.93. The van der Waals surface area contributed by atoms with Gasteiger partial charge in [0.1, 0.15) is 5.10 Å². The Morgan fingerprint density at radius 3 is 2.57 bits per heavy atom. The van der Waals surface area contributed by atoms with Crippen LogP contribution in [0, 0.1) is 10.1 Å². The van der Waals surface area contributed by atoms with E-state index in [1.807, 2.05) is 0 Å². The number of hydrazone groups is 1. The van der Waals surface area contributed by atoms with Crippen molar-refractivity contribution >= 4 is 23.2 Å².